The third-order valence-corrected chi connectivity index (χ3v) is 3.76. The van der Waals surface area contributed by atoms with Crippen LogP contribution in [0.4, 0.5) is 4.79 Å². The van der Waals surface area contributed by atoms with E-state index in [0.717, 1.165) is 16.2 Å². The van der Waals surface area contributed by atoms with E-state index in [9.17, 15) is 4.79 Å². The quantitative estimate of drug-likeness (QED) is 0.781. The van der Waals surface area contributed by atoms with Crippen molar-refractivity contribution < 1.29 is 9.53 Å². The lowest BCUT2D eigenvalue weighted by atomic mass is 10.2. The number of nitrogens with zero attached hydrogens (tertiary/aromatic N) is 2. The van der Waals surface area contributed by atoms with Crippen LogP contribution in [0.2, 0.25) is 0 Å². The average Bonchev–Trinajstić information content (AvgIpc) is 2.88. The zero-order valence-corrected chi connectivity index (χ0v) is 14.6. The fourth-order valence-corrected chi connectivity index (χ4v) is 2.62. The van der Waals surface area contributed by atoms with Gasteiger partial charge in [-0.05, 0) is 39.3 Å². The molecule has 0 aliphatic heterocycles. The van der Waals surface area contributed by atoms with Crippen molar-refractivity contribution in [1.29, 1.82) is 5.26 Å². The Morgan fingerprint density at radius 3 is 2.68 bits per heavy atom. The van der Waals surface area contributed by atoms with Gasteiger partial charge in [-0.25, -0.2) is 4.79 Å². The van der Waals surface area contributed by atoms with E-state index >= 15 is 0 Å². The molecule has 1 N–H and O–H groups in total. The number of rotatable bonds is 7. The summed E-state index contributed by atoms with van der Waals surface area (Å²) in [6, 6.07) is 5.91. The molecule has 0 radical (unpaired) electrons. The summed E-state index contributed by atoms with van der Waals surface area (Å²) >= 11 is 1.49. The molecular weight excluding hydrogens is 298 g/mol. The molecule has 0 atom stereocenters. The lowest BCUT2D eigenvalue weighted by Gasteiger charge is -2.27. The minimum Gasteiger partial charge on any atom is -0.444 e. The summed E-state index contributed by atoms with van der Waals surface area (Å²) in [5, 5.41) is 12.1. The smallest absolute Gasteiger partial charge is 0.410 e. The molecule has 1 rings (SSSR count). The van der Waals surface area contributed by atoms with Crippen LogP contribution >= 0.6 is 11.3 Å². The van der Waals surface area contributed by atoms with Gasteiger partial charge in [-0.3, -0.25) is 0 Å². The van der Waals surface area contributed by atoms with Crippen LogP contribution in [0, 0.1) is 11.3 Å². The van der Waals surface area contributed by atoms with Gasteiger partial charge in [0.1, 0.15) is 16.5 Å². The molecule has 1 aromatic heterocycles. The number of hydrogen-bond acceptors (Lipinski definition) is 5. The number of nitriles is 1. The Kier molecular flexibility index (Phi) is 7.36. The van der Waals surface area contributed by atoms with Crippen LogP contribution in [0.15, 0.2) is 12.1 Å². The van der Waals surface area contributed by atoms with Gasteiger partial charge in [0.2, 0.25) is 0 Å². The molecule has 0 aromatic carbocycles. The van der Waals surface area contributed by atoms with E-state index in [1.165, 1.54) is 11.3 Å². The lowest BCUT2D eigenvalue weighted by Crippen LogP contribution is -2.40. The number of amides is 1. The molecule has 122 valence electrons. The standard InChI is InChI=1S/C16H25N3O2S/c1-5-9-19(15(20)21-16(2,3)4)10-8-18-12-14-7-6-13(11-17)22-14/h6-7,18H,5,8-10,12H2,1-4H3. The minimum absolute atomic E-state index is 0.265. The summed E-state index contributed by atoms with van der Waals surface area (Å²) in [7, 11) is 0. The highest BCUT2D eigenvalue weighted by atomic mass is 32.1. The van der Waals surface area contributed by atoms with Crippen molar-refractivity contribution in [2.45, 2.75) is 46.3 Å². The zero-order chi connectivity index (χ0) is 16.6. The Balaban J connectivity index is 2.38. The summed E-state index contributed by atoms with van der Waals surface area (Å²) in [4.78, 5) is 15.7. The van der Waals surface area contributed by atoms with Gasteiger partial charge in [0.05, 0.1) is 0 Å². The molecule has 1 amide bonds. The van der Waals surface area contributed by atoms with Crippen LogP contribution in [-0.2, 0) is 11.3 Å². The molecule has 0 spiro atoms. The molecule has 5 nitrogen and oxygen atoms in total. The molecule has 0 fully saturated rings. The topological polar surface area (TPSA) is 65.4 Å². The summed E-state index contributed by atoms with van der Waals surface area (Å²) in [5.74, 6) is 0. The minimum atomic E-state index is -0.471. The fourth-order valence-electron chi connectivity index (χ4n) is 1.85. The number of carbonyl (C=O) groups is 1. The maximum atomic E-state index is 12.1. The van der Waals surface area contributed by atoms with Crippen LogP contribution in [0.3, 0.4) is 0 Å². The molecule has 0 aliphatic carbocycles. The molecule has 6 heteroatoms. The van der Waals surface area contributed by atoms with Crippen molar-refractivity contribution in [3.8, 4) is 6.07 Å². The number of thiophene rings is 1. The van der Waals surface area contributed by atoms with Crippen LogP contribution < -0.4 is 5.32 Å². The first-order valence-electron chi connectivity index (χ1n) is 7.53. The highest BCUT2D eigenvalue weighted by Crippen LogP contribution is 2.14. The fraction of sp³-hybridized carbons (Fsp3) is 0.625. The van der Waals surface area contributed by atoms with E-state index in [4.69, 9.17) is 10.00 Å². The van der Waals surface area contributed by atoms with Crippen molar-refractivity contribution in [2.24, 2.45) is 0 Å². The summed E-state index contributed by atoms with van der Waals surface area (Å²) in [6.45, 7) is 10.4. The van der Waals surface area contributed by atoms with Gasteiger partial charge in [-0.15, -0.1) is 11.3 Å². The van der Waals surface area contributed by atoms with Crippen LogP contribution in [-0.4, -0.2) is 36.2 Å². The maximum Gasteiger partial charge on any atom is 0.410 e. The second kappa shape index (κ2) is 8.76. The molecule has 0 saturated heterocycles. The van der Waals surface area contributed by atoms with Gasteiger partial charge >= 0.3 is 6.09 Å². The van der Waals surface area contributed by atoms with Crippen molar-refractivity contribution in [1.82, 2.24) is 10.2 Å². The first-order valence-corrected chi connectivity index (χ1v) is 8.35. The van der Waals surface area contributed by atoms with E-state index in [0.29, 0.717) is 26.2 Å². The average molecular weight is 323 g/mol. The molecule has 0 aliphatic rings. The lowest BCUT2D eigenvalue weighted by molar-refractivity contribution is 0.0252. The first-order chi connectivity index (χ1) is 10.4. The van der Waals surface area contributed by atoms with Gasteiger partial charge in [0.25, 0.3) is 0 Å². The van der Waals surface area contributed by atoms with Crippen molar-refractivity contribution >= 4 is 17.4 Å². The normalized spacial score (nSPS) is 11.0. The van der Waals surface area contributed by atoms with Crippen molar-refractivity contribution in [3.05, 3.63) is 21.9 Å². The van der Waals surface area contributed by atoms with E-state index in [1.54, 1.807) is 4.90 Å². The van der Waals surface area contributed by atoms with E-state index in [2.05, 4.69) is 11.4 Å². The van der Waals surface area contributed by atoms with E-state index in [1.807, 2.05) is 39.8 Å². The van der Waals surface area contributed by atoms with E-state index < -0.39 is 5.60 Å². The molecule has 1 aromatic rings. The number of hydrogen-bond donors (Lipinski definition) is 1. The molecule has 0 bridgehead atoms. The third-order valence-electron chi connectivity index (χ3n) is 2.77. The predicted octanol–water partition coefficient (Wildman–Crippen LogP) is 3.36. The van der Waals surface area contributed by atoms with Crippen molar-refractivity contribution in [2.75, 3.05) is 19.6 Å². The molecule has 1 heterocycles. The number of nitrogens with one attached hydrogen (secondary N) is 1. The van der Waals surface area contributed by atoms with Gasteiger partial charge in [-0.2, -0.15) is 5.26 Å². The Morgan fingerprint density at radius 2 is 2.14 bits per heavy atom. The summed E-state index contributed by atoms with van der Waals surface area (Å²) < 4.78 is 5.41. The largest absolute Gasteiger partial charge is 0.444 e. The van der Waals surface area contributed by atoms with Crippen LogP contribution in [0.1, 0.15) is 43.9 Å². The summed E-state index contributed by atoms with van der Waals surface area (Å²) in [6.07, 6.45) is 0.634. The number of carbonyl (C=O) groups excluding carboxylic acids is 1. The Bertz CT molecular complexity index is 514. The van der Waals surface area contributed by atoms with E-state index in [-0.39, 0.29) is 6.09 Å². The highest BCUT2D eigenvalue weighted by molar-refractivity contribution is 7.12. The highest BCUT2D eigenvalue weighted by Gasteiger charge is 2.21. The van der Waals surface area contributed by atoms with Gasteiger partial charge in [0.15, 0.2) is 0 Å². The predicted molar refractivity (Wildman–Crippen MR) is 88.8 cm³/mol. The monoisotopic (exact) mass is 323 g/mol. The van der Waals surface area contributed by atoms with Crippen LogP contribution in [0.25, 0.3) is 0 Å². The second-order valence-corrected chi connectivity index (χ2v) is 7.19. The maximum absolute atomic E-state index is 12.1. The molecule has 0 unspecified atom stereocenters. The molecule has 0 saturated carbocycles. The third kappa shape index (κ3) is 6.92. The Morgan fingerprint density at radius 1 is 1.41 bits per heavy atom. The van der Waals surface area contributed by atoms with Crippen molar-refractivity contribution in [3.63, 3.8) is 0 Å². The molecule has 22 heavy (non-hydrogen) atoms. The van der Waals surface area contributed by atoms with Gasteiger partial charge in [-0.1, -0.05) is 6.92 Å². The second-order valence-electron chi connectivity index (χ2n) is 6.02. The SMILES string of the molecule is CCCN(CCNCc1ccc(C#N)s1)C(=O)OC(C)(C)C. The van der Waals surface area contributed by atoms with Crippen LogP contribution in [0.5, 0.6) is 0 Å². The number of ether oxygens (including phenoxy) is 1. The van der Waals surface area contributed by atoms with Gasteiger partial charge < -0.3 is 15.0 Å². The zero-order valence-electron chi connectivity index (χ0n) is 13.8. The van der Waals surface area contributed by atoms with Gasteiger partial charge in [0, 0.05) is 31.1 Å². The molecular formula is C16H25N3O2S. The summed E-state index contributed by atoms with van der Waals surface area (Å²) in [5.41, 5.74) is -0.471. The first kappa shape index (κ1) is 18.5. The Labute approximate surface area is 136 Å². The Hall–Kier alpha value is -1.58.